The first-order chi connectivity index (χ1) is 8.56. The Bertz CT molecular complexity index is 343. The normalized spacial score (nSPS) is 13.7. The lowest BCUT2D eigenvalue weighted by atomic mass is 9.95. The van der Waals surface area contributed by atoms with Gasteiger partial charge in [-0.3, -0.25) is 9.59 Å². The molecule has 0 aromatic heterocycles. The zero-order valence-electron chi connectivity index (χ0n) is 11.0. The van der Waals surface area contributed by atoms with Crippen molar-refractivity contribution in [1.82, 2.24) is 0 Å². The zero-order valence-corrected chi connectivity index (χ0v) is 11.0. The topological polar surface area (TPSA) is 76.4 Å². The Hall–Kier alpha value is -1.83. The minimum Gasteiger partial charge on any atom is -0.466 e. The molecular formula is C13H19NO4. The highest BCUT2D eigenvalue weighted by molar-refractivity contribution is 5.76. The number of carbonyl (C=O) groups excluding carboxylic acids is 2. The highest BCUT2D eigenvalue weighted by Gasteiger charge is 2.24. The van der Waals surface area contributed by atoms with Crippen LogP contribution in [0.15, 0.2) is 12.2 Å². The molecule has 0 amide bonds. The predicted octanol–water partition coefficient (Wildman–Crippen LogP) is 1.83. The van der Waals surface area contributed by atoms with E-state index in [1.54, 1.807) is 32.9 Å². The Labute approximate surface area is 107 Å². The van der Waals surface area contributed by atoms with Gasteiger partial charge < -0.3 is 9.47 Å². The quantitative estimate of drug-likeness (QED) is 0.511. The molecule has 0 saturated heterocycles. The minimum atomic E-state index is -0.844. The number of nitriles is 1. The number of nitrogens with zero attached hydrogens (tertiary/aromatic N) is 1. The van der Waals surface area contributed by atoms with Crippen molar-refractivity contribution in [2.24, 2.45) is 11.8 Å². The van der Waals surface area contributed by atoms with Crippen LogP contribution in [0.2, 0.25) is 0 Å². The van der Waals surface area contributed by atoms with Crippen LogP contribution < -0.4 is 0 Å². The van der Waals surface area contributed by atoms with E-state index >= 15 is 0 Å². The summed E-state index contributed by atoms with van der Waals surface area (Å²) in [5.74, 6) is -2.01. The first-order valence-corrected chi connectivity index (χ1v) is 5.95. The molecule has 0 aromatic carbocycles. The molecule has 5 heteroatoms. The molecule has 5 nitrogen and oxygen atoms in total. The molecule has 0 saturated carbocycles. The van der Waals surface area contributed by atoms with E-state index in [9.17, 15) is 9.59 Å². The van der Waals surface area contributed by atoms with Gasteiger partial charge in [0.15, 0.2) is 0 Å². The first kappa shape index (κ1) is 16.2. The molecular weight excluding hydrogens is 234 g/mol. The lowest BCUT2D eigenvalue weighted by molar-refractivity contribution is -0.147. The van der Waals surface area contributed by atoms with Crippen LogP contribution >= 0.6 is 0 Å². The lowest BCUT2D eigenvalue weighted by Gasteiger charge is -2.12. The zero-order chi connectivity index (χ0) is 14.0. The third-order valence-electron chi connectivity index (χ3n) is 2.23. The van der Waals surface area contributed by atoms with Gasteiger partial charge >= 0.3 is 11.9 Å². The molecule has 0 heterocycles. The van der Waals surface area contributed by atoms with E-state index in [1.165, 1.54) is 0 Å². The van der Waals surface area contributed by atoms with Crippen molar-refractivity contribution >= 4 is 11.9 Å². The molecule has 2 unspecified atom stereocenters. The molecule has 100 valence electrons. The molecule has 0 aliphatic rings. The fourth-order valence-corrected chi connectivity index (χ4v) is 1.33. The number of carbonyl (C=O) groups is 2. The van der Waals surface area contributed by atoms with Gasteiger partial charge in [-0.2, -0.15) is 5.26 Å². The van der Waals surface area contributed by atoms with Crippen LogP contribution in [-0.2, 0) is 19.1 Å². The fraction of sp³-hybridized carbons (Fsp3) is 0.615. The molecule has 0 aliphatic carbocycles. The van der Waals surface area contributed by atoms with Crippen molar-refractivity contribution in [2.45, 2.75) is 27.2 Å². The number of rotatable bonds is 7. The van der Waals surface area contributed by atoms with Crippen molar-refractivity contribution in [2.75, 3.05) is 13.2 Å². The Kier molecular flexibility index (Phi) is 8.29. The first-order valence-electron chi connectivity index (χ1n) is 5.95. The standard InChI is InChI=1S/C13H19NO4/c1-4-17-12(15)8-6-7-10(3)11(9-14)13(16)18-5-2/h6-7,10-11H,4-5,8H2,1-3H3/b7-6+. The van der Waals surface area contributed by atoms with Gasteiger partial charge in [-0.25, -0.2) is 0 Å². The van der Waals surface area contributed by atoms with Gasteiger partial charge in [0.25, 0.3) is 0 Å². The second-order valence-electron chi connectivity index (χ2n) is 3.66. The summed E-state index contributed by atoms with van der Waals surface area (Å²) in [6.45, 7) is 5.74. The molecule has 0 aliphatic heterocycles. The summed E-state index contributed by atoms with van der Waals surface area (Å²) in [6.07, 6.45) is 3.40. The molecule has 0 spiro atoms. The summed E-state index contributed by atoms with van der Waals surface area (Å²) in [7, 11) is 0. The Morgan fingerprint density at radius 1 is 1.28 bits per heavy atom. The monoisotopic (exact) mass is 253 g/mol. The third kappa shape index (κ3) is 6.04. The van der Waals surface area contributed by atoms with Crippen LogP contribution in [0.4, 0.5) is 0 Å². The summed E-state index contributed by atoms with van der Waals surface area (Å²) in [5.41, 5.74) is 0. The molecule has 0 rings (SSSR count). The molecule has 18 heavy (non-hydrogen) atoms. The van der Waals surface area contributed by atoms with E-state index in [0.717, 1.165) is 0 Å². The molecule has 0 bridgehead atoms. The van der Waals surface area contributed by atoms with Crippen molar-refractivity contribution in [1.29, 1.82) is 5.26 Å². The summed E-state index contributed by atoms with van der Waals surface area (Å²) in [4.78, 5) is 22.5. The van der Waals surface area contributed by atoms with E-state index in [1.807, 2.05) is 6.07 Å². The molecule has 0 fully saturated rings. The van der Waals surface area contributed by atoms with Crippen LogP contribution in [0, 0.1) is 23.2 Å². The Morgan fingerprint density at radius 3 is 2.39 bits per heavy atom. The van der Waals surface area contributed by atoms with Crippen molar-refractivity contribution in [3.05, 3.63) is 12.2 Å². The highest BCUT2D eigenvalue weighted by Crippen LogP contribution is 2.14. The van der Waals surface area contributed by atoms with Gasteiger partial charge in [-0.15, -0.1) is 0 Å². The molecule has 2 atom stereocenters. The summed E-state index contributed by atoms with van der Waals surface area (Å²) < 4.78 is 9.54. The van der Waals surface area contributed by atoms with E-state index in [0.29, 0.717) is 6.61 Å². The van der Waals surface area contributed by atoms with Gasteiger partial charge in [0.05, 0.1) is 25.7 Å². The van der Waals surface area contributed by atoms with Gasteiger partial charge in [-0.1, -0.05) is 19.1 Å². The molecule has 0 aromatic rings. The Morgan fingerprint density at radius 2 is 1.89 bits per heavy atom. The SMILES string of the molecule is CCOC(=O)C/C=C/C(C)C(C#N)C(=O)OCC. The summed E-state index contributed by atoms with van der Waals surface area (Å²) >= 11 is 0. The van der Waals surface area contributed by atoms with Crippen LogP contribution in [0.3, 0.4) is 0 Å². The maximum absolute atomic E-state index is 11.4. The van der Waals surface area contributed by atoms with Crippen molar-refractivity contribution in [3.63, 3.8) is 0 Å². The molecule has 0 radical (unpaired) electrons. The van der Waals surface area contributed by atoms with E-state index in [2.05, 4.69) is 0 Å². The van der Waals surface area contributed by atoms with E-state index in [-0.39, 0.29) is 24.9 Å². The van der Waals surface area contributed by atoms with Crippen LogP contribution in [-0.4, -0.2) is 25.2 Å². The second kappa shape index (κ2) is 9.23. The average Bonchev–Trinajstić information content (AvgIpc) is 2.30. The van der Waals surface area contributed by atoms with Crippen LogP contribution in [0.1, 0.15) is 27.2 Å². The number of esters is 2. The van der Waals surface area contributed by atoms with Crippen LogP contribution in [0.25, 0.3) is 0 Å². The average molecular weight is 253 g/mol. The van der Waals surface area contributed by atoms with E-state index in [4.69, 9.17) is 14.7 Å². The largest absolute Gasteiger partial charge is 0.466 e. The smallest absolute Gasteiger partial charge is 0.323 e. The van der Waals surface area contributed by atoms with Crippen LogP contribution in [0.5, 0.6) is 0 Å². The van der Waals surface area contributed by atoms with Gasteiger partial charge in [0, 0.05) is 5.92 Å². The van der Waals surface area contributed by atoms with Crippen molar-refractivity contribution < 1.29 is 19.1 Å². The minimum absolute atomic E-state index is 0.138. The summed E-state index contributed by atoms with van der Waals surface area (Å²) in [5, 5.41) is 8.91. The number of ether oxygens (including phenoxy) is 2. The highest BCUT2D eigenvalue weighted by atomic mass is 16.5. The predicted molar refractivity (Wildman–Crippen MR) is 65.3 cm³/mol. The second-order valence-corrected chi connectivity index (χ2v) is 3.66. The number of hydrogen-bond acceptors (Lipinski definition) is 5. The fourth-order valence-electron chi connectivity index (χ4n) is 1.33. The van der Waals surface area contributed by atoms with Gasteiger partial charge in [0.1, 0.15) is 5.92 Å². The number of allylic oxidation sites excluding steroid dienone is 1. The van der Waals surface area contributed by atoms with E-state index < -0.39 is 11.9 Å². The third-order valence-corrected chi connectivity index (χ3v) is 2.23. The molecule has 0 N–H and O–H groups in total. The lowest BCUT2D eigenvalue weighted by Crippen LogP contribution is -2.21. The number of hydrogen-bond donors (Lipinski definition) is 0. The maximum atomic E-state index is 11.4. The van der Waals surface area contributed by atoms with Crippen molar-refractivity contribution in [3.8, 4) is 6.07 Å². The summed E-state index contributed by atoms with van der Waals surface area (Å²) in [6, 6.07) is 1.91. The Balaban J connectivity index is 4.32. The van der Waals surface area contributed by atoms with Gasteiger partial charge in [0.2, 0.25) is 0 Å². The van der Waals surface area contributed by atoms with Gasteiger partial charge in [-0.05, 0) is 13.8 Å². The maximum Gasteiger partial charge on any atom is 0.323 e.